The van der Waals surface area contributed by atoms with Gasteiger partial charge in [0.15, 0.2) is 5.78 Å². The van der Waals surface area contributed by atoms with Crippen molar-refractivity contribution in [3.8, 4) is 0 Å². The molecule has 1 amide bonds. The normalized spacial score (nSPS) is 15.2. The number of para-hydroxylation sites is 1. The van der Waals surface area contributed by atoms with Crippen molar-refractivity contribution in [1.29, 1.82) is 0 Å². The zero-order valence-corrected chi connectivity index (χ0v) is 15.7. The van der Waals surface area contributed by atoms with Crippen LogP contribution in [0.2, 0.25) is 0 Å². The van der Waals surface area contributed by atoms with Crippen molar-refractivity contribution in [1.82, 2.24) is 9.97 Å². The molecule has 6 heteroatoms. The summed E-state index contributed by atoms with van der Waals surface area (Å²) in [6.07, 6.45) is 2.39. The van der Waals surface area contributed by atoms with Gasteiger partial charge in [0.1, 0.15) is 5.69 Å². The molecule has 1 N–H and O–H groups in total. The van der Waals surface area contributed by atoms with Gasteiger partial charge in [-0.2, -0.15) is 0 Å². The third-order valence-corrected chi connectivity index (χ3v) is 4.83. The minimum absolute atomic E-state index is 0.0183. The second kappa shape index (κ2) is 7.23. The van der Waals surface area contributed by atoms with E-state index in [4.69, 9.17) is 0 Å². The summed E-state index contributed by atoms with van der Waals surface area (Å²) in [5.74, 6) is 0.141. The van der Waals surface area contributed by atoms with Gasteiger partial charge in [0.05, 0.1) is 0 Å². The molecule has 140 valence electrons. The van der Waals surface area contributed by atoms with Crippen LogP contribution in [0.25, 0.3) is 0 Å². The number of hydrogen-bond donors (Lipinski definition) is 1. The van der Waals surface area contributed by atoms with Crippen molar-refractivity contribution in [3.63, 3.8) is 0 Å². The molecule has 1 aliphatic rings. The number of benzene rings is 2. The van der Waals surface area contributed by atoms with Crippen LogP contribution in [0.4, 0.5) is 17.3 Å². The van der Waals surface area contributed by atoms with E-state index in [0.717, 1.165) is 17.7 Å². The van der Waals surface area contributed by atoms with E-state index >= 15 is 0 Å². The summed E-state index contributed by atoms with van der Waals surface area (Å²) in [6.45, 7) is 3.55. The average Bonchev–Trinajstić information content (AvgIpc) is 3.03. The molecular formula is C22H20N4O2. The molecular weight excluding hydrogens is 352 g/mol. The van der Waals surface area contributed by atoms with Crippen molar-refractivity contribution >= 4 is 29.0 Å². The molecule has 0 radical (unpaired) electrons. The summed E-state index contributed by atoms with van der Waals surface area (Å²) >= 11 is 0. The number of anilines is 3. The number of nitrogens with one attached hydrogen (secondary N) is 1. The summed E-state index contributed by atoms with van der Waals surface area (Å²) in [4.78, 5) is 35.1. The van der Waals surface area contributed by atoms with E-state index in [0.29, 0.717) is 22.9 Å². The Kier molecular flexibility index (Phi) is 4.61. The second-order valence-electron chi connectivity index (χ2n) is 6.88. The van der Waals surface area contributed by atoms with Crippen LogP contribution < -0.4 is 10.2 Å². The van der Waals surface area contributed by atoms with Crippen LogP contribution in [0, 0.1) is 0 Å². The molecule has 1 aromatic heterocycles. The van der Waals surface area contributed by atoms with Gasteiger partial charge in [0.25, 0.3) is 5.91 Å². The summed E-state index contributed by atoms with van der Waals surface area (Å²) < 4.78 is 0. The van der Waals surface area contributed by atoms with Gasteiger partial charge >= 0.3 is 0 Å². The molecule has 0 saturated heterocycles. The Bertz CT molecular complexity index is 1060. The van der Waals surface area contributed by atoms with Gasteiger partial charge in [-0.1, -0.05) is 30.3 Å². The predicted octanol–water partition coefficient (Wildman–Crippen LogP) is 4.01. The molecule has 1 atom stereocenters. The molecule has 2 heterocycles. The predicted molar refractivity (Wildman–Crippen MR) is 108 cm³/mol. The maximum Gasteiger partial charge on any atom is 0.277 e. The molecule has 0 bridgehead atoms. The van der Waals surface area contributed by atoms with Crippen LogP contribution in [0.3, 0.4) is 0 Å². The molecule has 3 aromatic rings. The molecule has 1 unspecified atom stereocenters. The van der Waals surface area contributed by atoms with Gasteiger partial charge < -0.3 is 10.2 Å². The highest BCUT2D eigenvalue weighted by Gasteiger charge is 2.31. The zero-order valence-electron chi connectivity index (χ0n) is 15.7. The van der Waals surface area contributed by atoms with Gasteiger partial charge in [-0.05, 0) is 50.1 Å². The first-order chi connectivity index (χ1) is 13.5. The smallest absolute Gasteiger partial charge is 0.277 e. The van der Waals surface area contributed by atoms with Crippen molar-refractivity contribution in [2.24, 2.45) is 0 Å². The van der Waals surface area contributed by atoms with Gasteiger partial charge in [-0.15, -0.1) is 0 Å². The lowest BCUT2D eigenvalue weighted by Crippen LogP contribution is -2.36. The summed E-state index contributed by atoms with van der Waals surface area (Å²) in [5, 5.41) is 3.07. The number of fused-ring (bicyclic) bond motifs is 1. The first kappa shape index (κ1) is 17.9. The molecule has 28 heavy (non-hydrogen) atoms. The van der Waals surface area contributed by atoms with Gasteiger partial charge in [0, 0.05) is 29.2 Å². The lowest BCUT2D eigenvalue weighted by molar-refractivity contribution is 0.0975. The first-order valence-electron chi connectivity index (χ1n) is 9.15. The highest BCUT2D eigenvalue weighted by molar-refractivity contribution is 6.06. The first-order valence-corrected chi connectivity index (χ1v) is 9.15. The van der Waals surface area contributed by atoms with E-state index in [9.17, 15) is 9.59 Å². The Morgan fingerprint density at radius 1 is 1.11 bits per heavy atom. The fourth-order valence-electron chi connectivity index (χ4n) is 3.48. The van der Waals surface area contributed by atoms with Crippen molar-refractivity contribution in [2.75, 3.05) is 10.2 Å². The van der Waals surface area contributed by atoms with E-state index in [1.165, 1.54) is 6.92 Å². The largest absolute Gasteiger partial charge is 0.324 e. The van der Waals surface area contributed by atoms with Gasteiger partial charge in [0.2, 0.25) is 5.95 Å². The fourth-order valence-corrected chi connectivity index (χ4v) is 3.48. The monoisotopic (exact) mass is 372 g/mol. The number of carbonyl (C=O) groups is 2. The van der Waals surface area contributed by atoms with E-state index in [-0.39, 0.29) is 17.7 Å². The highest BCUT2D eigenvalue weighted by atomic mass is 16.2. The van der Waals surface area contributed by atoms with Crippen LogP contribution in [0.5, 0.6) is 0 Å². The maximum atomic E-state index is 13.1. The quantitative estimate of drug-likeness (QED) is 0.700. The maximum absolute atomic E-state index is 13.1. The zero-order chi connectivity index (χ0) is 19.7. The van der Waals surface area contributed by atoms with Gasteiger partial charge in [-0.3, -0.25) is 9.59 Å². The van der Waals surface area contributed by atoms with E-state index in [2.05, 4.69) is 15.3 Å². The van der Waals surface area contributed by atoms with Crippen molar-refractivity contribution < 1.29 is 9.59 Å². The lowest BCUT2D eigenvalue weighted by Gasteiger charge is -2.22. The third-order valence-electron chi connectivity index (χ3n) is 4.83. The molecule has 0 spiro atoms. The number of rotatable bonds is 4. The molecule has 0 saturated carbocycles. The lowest BCUT2D eigenvalue weighted by atomic mass is 10.1. The molecule has 4 rings (SSSR count). The number of amides is 1. The van der Waals surface area contributed by atoms with Crippen LogP contribution in [-0.2, 0) is 6.42 Å². The summed E-state index contributed by atoms with van der Waals surface area (Å²) in [6, 6.07) is 16.7. The second-order valence-corrected chi connectivity index (χ2v) is 6.88. The van der Waals surface area contributed by atoms with Crippen LogP contribution in [-0.4, -0.2) is 27.7 Å². The van der Waals surface area contributed by atoms with Crippen LogP contribution in [0.1, 0.15) is 40.3 Å². The van der Waals surface area contributed by atoms with E-state index < -0.39 is 0 Å². The van der Waals surface area contributed by atoms with Crippen LogP contribution >= 0.6 is 0 Å². The number of ketones is 1. The Balaban J connectivity index is 1.60. The Morgan fingerprint density at radius 3 is 2.75 bits per heavy atom. The van der Waals surface area contributed by atoms with E-state index in [1.54, 1.807) is 35.4 Å². The van der Waals surface area contributed by atoms with Crippen molar-refractivity contribution in [2.45, 2.75) is 26.3 Å². The van der Waals surface area contributed by atoms with Crippen LogP contribution in [0.15, 0.2) is 60.8 Å². The van der Waals surface area contributed by atoms with Gasteiger partial charge in [-0.25, -0.2) is 9.97 Å². The molecule has 1 aliphatic heterocycles. The number of Topliss-reactive ketones (excluding diaryl/α,β-unsaturated/α-hetero) is 1. The summed E-state index contributed by atoms with van der Waals surface area (Å²) in [5.41, 5.74) is 3.71. The third kappa shape index (κ3) is 3.36. The van der Waals surface area contributed by atoms with E-state index in [1.807, 2.05) is 37.3 Å². The fraction of sp³-hybridized carbons (Fsp3) is 0.182. The Hall–Kier alpha value is -3.54. The average molecular weight is 372 g/mol. The topological polar surface area (TPSA) is 75.2 Å². The molecule has 2 aromatic carbocycles. The standard InChI is InChI=1S/C22H20N4O2/c1-14-12-17-6-3-4-9-20(17)26(14)21(28)19-10-11-23-22(25-19)24-18-8-5-7-16(13-18)15(2)27/h3-11,13-14H,12H2,1-2H3,(H,23,24,25). The number of aromatic nitrogens is 2. The van der Waals surface area contributed by atoms with Crippen molar-refractivity contribution in [3.05, 3.63) is 77.6 Å². The SMILES string of the molecule is CC(=O)c1cccc(Nc2nccc(C(=O)N3c4ccccc4CC3C)n2)c1. The Labute approximate surface area is 163 Å². The number of nitrogens with zero attached hydrogens (tertiary/aromatic N) is 3. The minimum Gasteiger partial charge on any atom is -0.324 e. The number of carbonyl (C=O) groups excluding carboxylic acids is 2. The molecule has 6 nitrogen and oxygen atoms in total. The Morgan fingerprint density at radius 2 is 1.93 bits per heavy atom. The summed E-state index contributed by atoms with van der Waals surface area (Å²) in [7, 11) is 0. The molecule has 0 aliphatic carbocycles. The minimum atomic E-state index is -0.152. The molecule has 0 fully saturated rings. The highest BCUT2D eigenvalue weighted by Crippen LogP contribution is 2.32. The number of hydrogen-bond acceptors (Lipinski definition) is 5.